The number of ketones is 1. The fourth-order valence-corrected chi connectivity index (χ4v) is 2.58. The zero-order valence-corrected chi connectivity index (χ0v) is 11.9. The molecule has 0 saturated heterocycles. The van der Waals surface area contributed by atoms with Crippen LogP contribution in [0.5, 0.6) is 0 Å². The van der Waals surface area contributed by atoms with E-state index in [2.05, 4.69) is 0 Å². The first-order valence-corrected chi connectivity index (χ1v) is 7.19. The van der Waals surface area contributed by atoms with Crippen molar-refractivity contribution in [1.29, 1.82) is 0 Å². The molecule has 1 aromatic carbocycles. The molecule has 0 amide bonds. The third-order valence-corrected chi connectivity index (χ3v) is 3.74. The van der Waals surface area contributed by atoms with Crippen LogP contribution in [0.4, 0.5) is 8.78 Å². The van der Waals surface area contributed by atoms with Gasteiger partial charge in [-0.15, -0.1) is 0 Å². The summed E-state index contributed by atoms with van der Waals surface area (Å²) in [5.74, 6) is -2.42. The van der Waals surface area contributed by atoms with Crippen LogP contribution in [-0.4, -0.2) is 24.3 Å². The Bertz CT molecular complexity index is 584. The van der Waals surface area contributed by atoms with Crippen LogP contribution in [0.2, 0.25) is 0 Å². The average molecular weight is 295 g/mol. The molecule has 0 bridgehead atoms. The van der Waals surface area contributed by atoms with Crippen molar-refractivity contribution in [2.45, 2.75) is 13.0 Å². The van der Waals surface area contributed by atoms with E-state index in [9.17, 15) is 13.6 Å². The molecule has 20 heavy (non-hydrogen) atoms. The summed E-state index contributed by atoms with van der Waals surface area (Å²) in [6.07, 6.45) is 0.168. The molecule has 0 radical (unpaired) electrons. The fourth-order valence-electron chi connectivity index (χ4n) is 1.92. The second-order valence-electron chi connectivity index (χ2n) is 4.64. The molecule has 1 heterocycles. The molecular formula is C15H15F2NOS. The van der Waals surface area contributed by atoms with Crippen LogP contribution in [0.25, 0.3) is 0 Å². The van der Waals surface area contributed by atoms with Gasteiger partial charge < -0.3 is 4.90 Å². The summed E-state index contributed by atoms with van der Waals surface area (Å²) in [6, 6.07) is 5.70. The van der Waals surface area contributed by atoms with Crippen LogP contribution in [0.1, 0.15) is 22.3 Å². The monoisotopic (exact) mass is 295 g/mol. The maximum Gasteiger partial charge on any atom is 0.169 e. The van der Waals surface area contributed by atoms with Gasteiger partial charge in [-0.3, -0.25) is 4.79 Å². The lowest BCUT2D eigenvalue weighted by Gasteiger charge is -2.15. The molecular weight excluding hydrogens is 280 g/mol. The number of hydrogen-bond acceptors (Lipinski definition) is 3. The minimum Gasteiger partial charge on any atom is -0.302 e. The topological polar surface area (TPSA) is 20.3 Å². The van der Waals surface area contributed by atoms with E-state index in [4.69, 9.17) is 0 Å². The largest absolute Gasteiger partial charge is 0.302 e. The van der Waals surface area contributed by atoms with Crippen molar-refractivity contribution in [3.63, 3.8) is 0 Å². The number of nitrogens with zero attached hydrogens (tertiary/aromatic N) is 1. The van der Waals surface area contributed by atoms with E-state index in [1.807, 2.05) is 28.8 Å². The second-order valence-corrected chi connectivity index (χ2v) is 5.42. The van der Waals surface area contributed by atoms with Crippen molar-refractivity contribution in [3.05, 3.63) is 57.8 Å². The summed E-state index contributed by atoms with van der Waals surface area (Å²) in [5, 5.41) is 4.04. The Labute approximate surface area is 120 Å². The van der Waals surface area contributed by atoms with Crippen LogP contribution in [0.3, 0.4) is 0 Å². The zero-order valence-electron chi connectivity index (χ0n) is 11.1. The minimum atomic E-state index is -1.06. The maximum atomic E-state index is 13.5. The quantitative estimate of drug-likeness (QED) is 0.757. The van der Waals surface area contributed by atoms with E-state index in [-0.39, 0.29) is 17.8 Å². The van der Waals surface area contributed by atoms with Crippen molar-refractivity contribution in [2.75, 3.05) is 13.6 Å². The number of carbonyl (C=O) groups excluding carboxylic acids is 1. The molecule has 0 fully saturated rings. The van der Waals surface area contributed by atoms with Gasteiger partial charge in [0.1, 0.15) is 0 Å². The van der Waals surface area contributed by atoms with Gasteiger partial charge in [0.2, 0.25) is 0 Å². The molecule has 2 aromatic rings. The zero-order chi connectivity index (χ0) is 14.5. The summed E-state index contributed by atoms with van der Waals surface area (Å²) in [6.45, 7) is 1.24. The van der Waals surface area contributed by atoms with Gasteiger partial charge in [0, 0.05) is 19.5 Å². The van der Waals surface area contributed by atoms with Gasteiger partial charge in [-0.1, -0.05) is 6.07 Å². The molecule has 0 atom stereocenters. The van der Waals surface area contributed by atoms with Crippen molar-refractivity contribution in [1.82, 2.24) is 4.90 Å². The average Bonchev–Trinajstić information content (AvgIpc) is 2.92. The normalized spacial score (nSPS) is 11.0. The standard InChI is InChI=1S/C15H15F2NOS/c1-18(9-11-6-8-20-10-11)7-5-14(19)12-3-2-4-13(16)15(12)17/h2-4,6,8,10H,5,7,9H2,1H3. The Morgan fingerprint density at radius 2 is 2.10 bits per heavy atom. The summed E-state index contributed by atoms with van der Waals surface area (Å²) < 4.78 is 26.5. The predicted octanol–water partition coefficient (Wildman–Crippen LogP) is 3.73. The Morgan fingerprint density at radius 3 is 2.80 bits per heavy atom. The van der Waals surface area contributed by atoms with Crippen LogP contribution in [0, 0.1) is 11.6 Å². The Hall–Kier alpha value is -1.59. The molecule has 0 unspecified atom stereocenters. The molecule has 1 aromatic heterocycles. The first-order valence-electron chi connectivity index (χ1n) is 6.24. The number of halogens is 2. The molecule has 106 valence electrons. The number of hydrogen-bond donors (Lipinski definition) is 0. The van der Waals surface area contributed by atoms with Gasteiger partial charge in [-0.05, 0) is 41.6 Å². The van der Waals surface area contributed by atoms with Crippen LogP contribution in [-0.2, 0) is 6.54 Å². The highest BCUT2D eigenvalue weighted by Crippen LogP contribution is 2.14. The third-order valence-electron chi connectivity index (χ3n) is 3.01. The molecule has 0 N–H and O–H groups in total. The predicted molar refractivity (Wildman–Crippen MR) is 76.0 cm³/mol. The van der Waals surface area contributed by atoms with Crippen LogP contribution >= 0.6 is 11.3 Å². The van der Waals surface area contributed by atoms with E-state index < -0.39 is 11.6 Å². The van der Waals surface area contributed by atoms with Gasteiger partial charge in [0.25, 0.3) is 0 Å². The highest BCUT2D eigenvalue weighted by Gasteiger charge is 2.15. The fraction of sp³-hybridized carbons (Fsp3) is 0.267. The lowest BCUT2D eigenvalue weighted by molar-refractivity contribution is 0.0963. The number of thiophene rings is 1. The lowest BCUT2D eigenvalue weighted by atomic mass is 10.1. The molecule has 5 heteroatoms. The first-order chi connectivity index (χ1) is 9.58. The van der Waals surface area contributed by atoms with Gasteiger partial charge in [0.05, 0.1) is 5.56 Å². The van der Waals surface area contributed by atoms with Gasteiger partial charge in [-0.25, -0.2) is 8.78 Å². The highest BCUT2D eigenvalue weighted by atomic mass is 32.1. The SMILES string of the molecule is CN(CCC(=O)c1cccc(F)c1F)Cc1ccsc1. The molecule has 2 nitrogen and oxygen atoms in total. The van der Waals surface area contributed by atoms with Crippen molar-refractivity contribution in [2.24, 2.45) is 0 Å². The molecule has 0 spiro atoms. The summed E-state index contributed by atoms with van der Waals surface area (Å²) in [7, 11) is 1.90. The Balaban J connectivity index is 1.90. The summed E-state index contributed by atoms with van der Waals surface area (Å²) in [4.78, 5) is 13.9. The van der Waals surface area contributed by atoms with Crippen molar-refractivity contribution in [3.8, 4) is 0 Å². The molecule has 0 aliphatic rings. The van der Waals surface area contributed by atoms with Crippen molar-refractivity contribution < 1.29 is 13.6 Å². The maximum absolute atomic E-state index is 13.5. The Morgan fingerprint density at radius 1 is 1.30 bits per heavy atom. The smallest absolute Gasteiger partial charge is 0.169 e. The van der Waals surface area contributed by atoms with Gasteiger partial charge in [-0.2, -0.15) is 11.3 Å². The van der Waals surface area contributed by atoms with Gasteiger partial charge >= 0.3 is 0 Å². The van der Waals surface area contributed by atoms with Gasteiger partial charge in [0.15, 0.2) is 17.4 Å². The summed E-state index contributed by atoms with van der Waals surface area (Å²) in [5.41, 5.74) is 1.01. The van der Waals surface area contributed by atoms with Crippen LogP contribution < -0.4 is 0 Å². The molecule has 0 aliphatic heterocycles. The molecule has 2 rings (SSSR count). The summed E-state index contributed by atoms with van der Waals surface area (Å²) >= 11 is 1.62. The van der Waals surface area contributed by atoms with E-state index in [1.54, 1.807) is 11.3 Å². The minimum absolute atomic E-state index is 0.168. The van der Waals surface area contributed by atoms with E-state index in [0.717, 1.165) is 12.6 Å². The van der Waals surface area contributed by atoms with Crippen LogP contribution in [0.15, 0.2) is 35.0 Å². The third kappa shape index (κ3) is 3.71. The number of Topliss-reactive ketones (excluding diaryl/α,β-unsaturated/α-hetero) is 1. The van der Waals surface area contributed by atoms with Crippen molar-refractivity contribution >= 4 is 17.1 Å². The highest BCUT2D eigenvalue weighted by molar-refractivity contribution is 7.07. The van der Waals surface area contributed by atoms with E-state index in [0.29, 0.717) is 6.54 Å². The molecule has 0 saturated carbocycles. The van der Waals surface area contributed by atoms with E-state index in [1.165, 1.54) is 17.7 Å². The molecule has 0 aliphatic carbocycles. The van der Waals surface area contributed by atoms with E-state index >= 15 is 0 Å². The second kappa shape index (κ2) is 6.72. The lowest BCUT2D eigenvalue weighted by Crippen LogP contribution is -2.21. The first kappa shape index (κ1) is 14.8. The number of carbonyl (C=O) groups is 1. The Kier molecular flexibility index (Phi) is 4.98. The number of benzene rings is 1. The number of rotatable bonds is 6.